The molecule has 0 saturated carbocycles. The molecule has 109 valence electrons. The van der Waals surface area contributed by atoms with Crippen molar-refractivity contribution in [2.75, 3.05) is 0 Å². The van der Waals surface area contributed by atoms with Gasteiger partial charge in [0, 0.05) is 41.1 Å². The van der Waals surface area contributed by atoms with E-state index in [4.69, 9.17) is 19.6 Å². The first-order valence-corrected chi connectivity index (χ1v) is 7.32. The van der Waals surface area contributed by atoms with Gasteiger partial charge < -0.3 is 15.3 Å². The Balaban J connectivity index is 0.000000715. The first-order valence-electron chi connectivity index (χ1n) is 4.80. The molecule has 8 nitrogen and oxygen atoms in total. The zero-order valence-corrected chi connectivity index (χ0v) is 15.5. The number of hydrogen-bond acceptors (Lipinski definition) is 5. The first-order chi connectivity index (χ1) is 9.14. The van der Waals surface area contributed by atoms with E-state index in [-0.39, 0.29) is 51.1 Å². The number of pyridine rings is 1. The van der Waals surface area contributed by atoms with Crippen LogP contribution in [0, 0.1) is 3.57 Å². The van der Waals surface area contributed by atoms with E-state index in [1.165, 1.54) is 24.4 Å². The van der Waals surface area contributed by atoms with E-state index in [0.29, 0.717) is 3.57 Å². The summed E-state index contributed by atoms with van der Waals surface area (Å²) in [6.45, 7) is 0. The van der Waals surface area contributed by atoms with Crippen LogP contribution in [-0.4, -0.2) is 69.0 Å². The second-order valence-electron chi connectivity index (χ2n) is 3.36. The maximum absolute atomic E-state index is 11.2. The Labute approximate surface area is 155 Å². The summed E-state index contributed by atoms with van der Waals surface area (Å²) in [6, 6.07) is 4.21. The van der Waals surface area contributed by atoms with Crippen LogP contribution in [0.3, 0.4) is 0 Å². The molecule has 11 heteroatoms. The summed E-state index contributed by atoms with van der Waals surface area (Å²) in [5.74, 6) is -0.0939. The molecule has 0 aliphatic carbocycles. The molecule has 2 aromatic rings. The zero-order chi connectivity index (χ0) is 15.5. The van der Waals surface area contributed by atoms with Crippen molar-refractivity contribution in [2.24, 2.45) is 0 Å². The molecule has 1 heterocycles. The van der Waals surface area contributed by atoms with Gasteiger partial charge in [0.15, 0.2) is 5.75 Å². The SMILES string of the molecule is O=C(O)O.O=S(=O)(O)c1cc(I)c(O)c2ncccc12.[Na]. The summed E-state index contributed by atoms with van der Waals surface area (Å²) in [6.07, 6.45) is -0.397. The molecule has 1 aromatic carbocycles. The van der Waals surface area contributed by atoms with Gasteiger partial charge in [-0.05, 0) is 40.8 Å². The van der Waals surface area contributed by atoms with Crippen molar-refractivity contribution in [3.63, 3.8) is 0 Å². The third-order valence-corrected chi connectivity index (χ3v) is 3.78. The summed E-state index contributed by atoms with van der Waals surface area (Å²) in [7, 11) is -4.32. The minimum atomic E-state index is -4.32. The Bertz CT molecular complexity index is 761. The molecule has 0 atom stereocenters. The molecule has 1 radical (unpaired) electrons. The van der Waals surface area contributed by atoms with Crippen LogP contribution in [0.1, 0.15) is 0 Å². The minimum Gasteiger partial charge on any atom is -0.505 e. The molecule has 0 amide bonds. The van der Waals surface area contributed by atoms with E-state index in [1.54, 1.807) is 22.6 Å². The van der Waals surface area contributed by atoms with Crippen molar-refractivity contribution in [3.8, 4) is 5.75 Å². The molecule has 0 bridgehead atoms. The number of rotatable bonds is 1. The standard InChI is InChI=1S/C9H6INO4S.CH2O3.Na/c10-6-4-7(16(13,14)15)5-2-1-3-11-8(5)9(6)12;2-1(3)4;/h1-4,12H,(H,13,14,15);(H2,2,3,4);. The predicted octanol–water partition coefficient (Wildman–Crippen LogP) is 1.63. The number of halogens is 1. The van der Waals surface area contributed by atoms with E-state index in [9.17, 15) is 13.5 Å². The number of carbonyl (C=O) groups is 1. The molecule has 0 aliphatic rings. The normalized spacial score (nSPS) is 10.2. The third-order valence-electron chi connectivity index (χ3n) is 2.06. The van der Waals surface area contributed by atoms with Crippen LogP contribution in [0.15, 0.2) is 29.3 Å². The molecule has 21 heavy (non-hydrogen) atoms. The Morgan fingerprint density at radius 2 is 1.81 bits per heavy atom. The van der Waals surface area contributed by atoms with E-state index >= 15 is 0 Å². The number of aromatic nitrogens is 1. The van der Waals surface area contributed by atoms with Crippen molar-refractivity contribution in [1.82, 2.24) is 4.98 Å². The van der Waals surface area contributed by atoms with Crippen molar-refractivity contribution >= 4 is 79.3 Å². The van der Waals surface area contributed by atoms with Crippen molar-refractivity contribution < 1.29 is 33.1 Å². The van der Waals surface area contributed by atoms with Gasteiger partial charge in [0.25, 0.3) is 10.1 Å². The first kappa shape index (κ1) is 20.3. The number of phenolic OH excluding ortho intramolecular Hbond substituents is 1. The van der Waals surface area contributed by atoms with Crippen LogP contribution in [0.5, 0.6) is 5.75 Å². The van der Waals surface area contributed by atoms with Crippen molar-refractivity contribution in [2.45, 2.75) is 4.90 Å². The number of nitrogens with zero attached hydrogens (tertiary/aromatic N) is 1. The van der Waals surface area contributed by atoms with Gasteiger partial charge in [0.1, 0.15) is 10.4 Å². The summed E-state index contributed by atoms with van der Waals surface area (Å²) < 4.78 is 31.7. The Morgan fingerprint density at radius 1 is 1.29 bits per heavy atom. The molecule has 1 aromatic heterocycles. The fourth-order valence-electron chi connectivity index (χ4n) is 1.38. The smallest absolute Gasteiger partial charge is 0.503 e. The van der Waals surface area contributed by atoms with Crippen LogP contribution < -0.4 is 0 Å². The van der Waals surface area contributed by atoms with Crippen LogP contribution in [0.4, 0.5) is 4.79 Å². The van der Waals surface area contributed by atoms with Crippen LogP contribution in [-0.2, 0) is 10.1 Å². The average molecular weight is 436 g/mol. The molecule has 0 fully saturated rings. The number of carboxylic acid groups (broad SMARTS) is 2. The number of phenols is 1. The van der Waals surface area contributed by atoms with Gasteiger partial charge in [-0.25, -0.2) is 4.79 Å². The second kappa shape index (κ2) is 8.10. The van der Waals surface area contributed by atoms with Gasteiger partial charge in [-0.1, -0.05) is 0 Å². The number of benzene rings is 1. The van der Waals surface area contributed by atoms with Crippen LogP contribution in [0.2, 0.25) is 0 Å². The molecule has 0 aliphatic heterocycles. The van der Waals surface area contributed by atoms with E-state index in [2.05, 4.69) is 4.98 Å². The predicted molar refractivity (Wildman–Crippen MR) is 82.3 cm³/mol. The van der Waals surface area contributed by atoms with Crippen molar-refractivity contribution in [3.05, 3.63) is 28.0 Å². The molecular weight excluding hydrogens is 428 g/mol. The second-order valence-corrected chi connectivity index (χ2v) is 5.91. The zero-order valence-electron chi connectivity index (χ0n) is 10.6. The molecule has 2 rings (SSSR count). The number of fused-ring (bicyclic) bond motifs is 1. The number of hydrogen-bond donors (Lipinski definition) is 4. The Hall–Kier alpha value is -0.660. The molecule has 4 N–H and O–H groups in total. The van der Waals surface area contributed by atoms with E-state index < -0.39 is 16.3 Å². The molecule has 0 unspecified atom stereocenters. The summed E-state index contributed by atoms with van der Waals surface area (Å²) in [4.78, 5) is 12.2. The van der Waals surface area contributed by atoms with Gasteiger partial charge in [-0.15, -0.1) is 0 Å². The molecule has 0 spiro atoms. The Morgan fingerprint density at radius 3 is 2.29 bits per heavy atom. The quantitative estimate of drug-likeness (QED) is 0.300. The third kappa shape index (κ3) is 5.56. The van der Waals surface area contributed by atoms with E-state index in [1.807, 2.05) is 0 Å². The van der Waals surface area contributed by atoms with Crippen LogP contribution >= 0.6 is 22.6 Å². The van der Waals surface area contributed by atoms with Gasteiger partial charge >= 0.3 is 6.16 Å². The fourth-order valence-corrected chi connectivity index (χ4v) is 2.87. The minimum absolute atomic E-state index is 0. The van der Waals surface area contributed by atoms with Gasteiger partial charge in [0.2, 0.25) is 0 Å². The summed E-state index contributed by atoms with van der Waals surface area (Å²) in [5.41, 5.74) is 0.155. The van der Waals surface area contributed by atoms with E-state index in [0.717, 1.165) is 0 Å². The van der Waals surface area contributed by atoms with Crippen LogP contribution in [0.25, 0.3) is 10.9 Å². The maximum atomic E-state index is 11.2. The van der Waals surface area contributed by atoms with Gasteiger partial charge in [-0.3, -0.25) is 9.54 Å². The van der Waals surface area contributed by atoms with Gasteiger partial charge in [-0.2, -0.15) is 8.42 Å². The van der Waals surface area contributed by atoms with Gasteiger partial charge in [0.05, 0.1) is 3.57 Å². The maximum Gasteiger partial charge on any atom is 0.503 e. The largest absolute Gasteiger partial charge is 0.505 e. The summed E-state index contributed by atoms with van der Waals surface area (Å²) >= 11 is 1.77. The monoisotopic (exact) mass is 436 g/mol. The number of aromatic hydroxyl groups is 1. The molecule has 0 saturated heterocycles. The Kier molecular flexibility index (Phi) is 7.84. The average Bonchev–Trinajstić information content (AvgIpc) is 2.32. The summed E-state index contributed by atoms with van der Waals surface area (Å²) in [5, 5.41) is 23.8. The fraction of sp³-hybridized carbons (Fsp3) is 0. The topological polar surface area (TPSA) is 145 Å². The molecular formula is C10H8INNaO7S. The van der Waals surface area contributed by atoms with Crippen molar-refractivity contribution in [1.29, 1.82) is 0 Å².